The first-order valence-electron chi connectivity index (χ1n) is 8.56. The Morgan fingerprint density at radius 1 is 1.15 bits per heavy atom. The topological polar surface area (TPSA) is 82.1 Å². The molecule has 7 nitrogen and oxygen atoms in total. The summed E-state index contributed by atoms with van der Waals surface area (Å²) < 4.78 is 8.31. The maximum absolute atomic E-state index is 12.9. The molecule has 7 heteroatoms. The number of pyridine rings is 1. The number of aryl methyl sites for hydroxylation is 1. The number of benzene rings is 1. The van der Waals surface area contributed by atoms with E-state index in [-0.39, 0.29) is 24.6 Å². The van der Waals surface area contributed by atoms with Gasteiger partial charge >= 0.3 is 0 Å². The van der Waals surface area contributed by atoms with Crippen molar-refractivity contribution in [3.05, 3.63) is 82.7 Å². The average molecular weight is 362 g/mol. The molecule has 0 aliphatic heterocycles. The zero-order chi connectivity index (χ0) is 18.8. The lowest BCUT2D eigenvalue weighted by Gasteiger charge is -2.12. The number of furan rings is 1. The van der Waals surface area contributed by atoms with E-state index in [0.717, 1.165) is 5.56 Å². The highest BCUT2D eigenvalue weighted by molar-refractivity contribution is 5.80. The molecular formula is C20H18N4O3. The molecule has 0 radical (unpaired) electrons. The van der Waals surface area contributed by atoms with Crippen LogP contribution in [0.3, 0.4) is 0 Å². The minimum Gasteiger partial charge on any atom is -0.467 e. The number of carbonyl (C=O) groups is 1. The van der Waals surface area contributed by atoms with Crippen LogP contribution in [0.2, 0.25) is 0 Å². The average Bonchev–Trinajstić information content (AvgIpc) is 3.29. The Balaban J connectivity index is 1.72. The van der Waals surface area contributed by atoms with Crippen LogP contribution in [-0.4, -0.2) is 20.3 Å². The summed E-state index contributed by atoms with van der Waals surface area (Å²) in [6.45, 7) is 2.23. The van der Waals surface area contributed by atoms with Crippen LogP contribution in [0, 0.1) is 6.92 Å². The Kier molecular flexibility index (Phi) is 4.33. The Bertz CT molecular complexity index is 1140. The molecule has 4 aromatic rings. The van der Waals surface area contributed by atoms with Crippen LogP contribution < -0.4 is 10.9 Å². The van der Waals surface area contributed by atoms with Crippen molar-refractivity contribution in [2.24, 2.45) is 0 Å². The second-order valence-electron chi connectivity index (χ2n) is 6.24. The van der Waals surface area contributed by atoms with Crippen LogP contribution >= 0.6 is 0 Å². The maximum Gasteiger partial charge on any atom is 0.280 e. The van der Waals surface area contributed by atoms with Crippen molar-refractivity contribution in [1.82, 2.24) is 19.7 Å². The molecule has 4 rings (SSSR count). The van der Waals surface area contributed by atoms with Gasteiger partial charge in [-0.25, -0.2) is 9.67 Å². The van der Waals surface area contributed by atoms with Crippen LogP contribution in [0.4, 0.5) is 0 Å². The number of aromatic nitrogens is 3. The second kappa shape index (κ2) is 6.95. The first-order valence-corrected chi connectivity index (χ1v) is 8.56. The first-order chi connectivity index (χ1) is 13.1. The van der Waals surface area contributed by atoms with Crippen LogP contribution in [-0.2, 0) is 17.9 Å². The van der Waals surface area contributed by atoms with E-state index in [9.17, 15) is 9.59 Å². The molecule has 0 aliphatic carbocycles. The number of nitrogens with zero attached hydrogens (tertiary/aromatic N) is 3. The van der Waals surface area contributed by atoms with Gasteiger partial charge in [0.05, 0.1) is 23.9 Å². The summed E-state index contributed by atoms with van der Waals surface area (Å²) in [6, 6.07) is 14.5. The molecule has 0 saturated heterocycles. The minimum absolute atomic E-state index is 0.0374. The maximum atomic E-state index is 12.9. The minimum atomic E-state index is -0.241. The zero-order valence-corrected chi connectivity index (χ0v) is 14.8. The first kappa shape index (κ1) is 16.8. The highest BCUT2D eigenvalue weighted by Crippen LogP contribution is 2.14. The van der Waals surface area contributed by atoms with Crippen molar-refractivity contribution in [3.8, 4) is 5.69 Å². The van der Waals surface area contributed by atoms with Crippen molar-refractivity contribution in [1.29, 1.82) is 0 Å². The monoisotopic (exact) mass is 362 g/mol. The van der Waals surface area contributed by atoms with E-state index in [1.807, 2.05) is 31.2 Å². The number of hydrogen-bond donors (Lipinski definition) is 1. The summed E-state index contributed by atoms with van der Waals surface area (Å²) in [7, 11) is 0. The van der Waals surface area contributed by atoms with Gasteiger partial charge in [-0.2, -0.15) is 0 Å². The summed E-state index contributed by atoms with van der Waals surface area (Å²) in [5, 5.41) is 3.27. The largest absolute Gasteiger partial charge is 0.467 e. The third kappa shape index (κ3) is 3.27. The Hall–Kier alpha value is -3.61. The van der Waals surface area contributed by atoms with Gasteiger partial charge in [0, 0.05) is 6.20 Å². The molecule has 0 bridgehead atoms. The molecule has 3 aromatic heterocycles. The van der Waals surface area contributed by atoms with Crippen LogP contribution in [0.25, 0.3) is 16.7 Å². The Labute approximate surface area is 154 Å². The van der Waals surface area contributed by atoms with Crippen molar-refractivity contribution in [3.63, 3.8) is 0 Å². The van der Waals surface area contributed by atoms with E-state index in [1.54, 1.807) is 41.4 Å². The van der Waals surface area contributed by atoms with Gasteiger partial charge in [-0.1, -0.05) is 17.7 Å². The summed E-state index contributed by atoms with van der Waals surface area (Å²) in [5.74, 6) is 0.421. The van der Waals surface area contributed by atoms with E-state index in [0.29, 0.717) is 22.5 Å². The number of amides is 1. The molecule has 1 aromatic carbocycles. The number of rotatable bonds is 5. The Morgan fingerprint density at radius 3 is 2.70 bits per heavy atom. The fraction of sp³-hybridized carbons (Fsp3) is 0.150. The molecule has 1 amide bonds. The fourth-order valence-electron chi connectivity index (χ4n) is 2.97. The molecule has 0 fully saturated rings. The van der Waals surface area contributed by atoms with Gasteiger partial charge in [-0.05, 0) is 43.3 Å². The highest BCUT2D eigenvalue weighted by atomic mass is 16.3. The SMILES string of the molecule is Cc1ccc(-n2c(=O)c3cccnc3n2CC(=O)NCc2ccco2)cc1. The van der Waals surface area contributed by atoms with E-state index in [4.69, 9.17) is 4.42 Å². The van der Waals surface area contributed by atoms with E-state index in [1.165, 1.54) is 4.68 Å². The van der Waals surface area contributed by atoms with Crippen LogP contribution in [0.1, 0.15) is 11.3 Å². The van der Waals surface area contributed by atoms with Crippen LogP contribution in [0.5, 0.6) is 0 Å². The number of nitrogens with one attached hydrogen (secondary N) is 1. The lowest BCUT2D eigenvalue weighted by Crippen LogP contribution is -2.31. The van der Waals surface area contributed by atoms with E-state index in [2.05, 4.69) is 10.3 Å². The molecule has 0 atom stereocenters. The molecule has 1 N–H and O–H groups in total. The summed E-state index contributed by atoms with van der Waals surface area (Å²) >= 11 is 0. The predicted molar refractivity (Wildman–Crippen MR) is 101 cm³/mol. The summed E-state index contributed by atoms with van der Waals surface area (Å²) in [6.07, 6.45) is 3.17. The number of hydrogen-bond acceptors (Lipinski definition) is 4. The smallest absolute Gasteiger partial charge is 0.280 e. The normalized spacial score (nSPS) is 11.0. The van der Waals surface area contributed by atoms with Gasteiger partial charge in [-0.15, -0.1) is 0 Å². The zero-order valence-electron chi connectivity index (χ0n) is 14.8. The van der Waals surface area contributed by atoms with Gasteiger partial charge in [0.2, 0.25) is 5.91 Å². The lowest BCUT2D eigenvalue weighted by atomic mass is 10.2. The highest BCUT2D eigenvalue weighted by Gasteiger charge is 2.17. The van der Waals surface area contributed by atoms with Crippen molar-refractivity contribution in [2.45, 2.75) is 20.0 Å². The second-order valence-corrected chi connectivity index (χ2v) is 6.24. The molecule has 27 heavy (non-hydrogen) atoms. The standard InChI is InChI=1S/C20H18N4O3/c1-14-6-8-15(9-7-14)24-20(26)17-5-2-10-21-19(17)23(24)13-18(25)22-12-16-4-3-11-27-16/h2-11H,12-13H2,1H3,(H,22,25). The summed E-state index contributed by atoms with van der Waals surface area (Å²) in [4.78, 5) is 29.7. The van der Waals surface area contributed by atoms with Crippen molar-refractivity contribution < 1.29 is 9.21 Å². The van der Waals surface area contributed by atoms with Gasteiger partial charge in [0.15, 0.2) is 5.65 Å². The van der Waals surface area contributed by atoms with E-state index >= 15 is 0 Å². The fourth-order valence-corrected chi connectivity index (χ4v) is 2.97. The molecule has 0 unspecified atom stereocenters. The van der Waals surface area contributed by atoms with Crippen molar-refractivity contribution >= 4 is 16.9 Å². The summed E-state index contributed by atoms with van der Waals surface area (Å²) in [5.41, 5.74) is 2.03. The van der Waals surface area contributed by atoms with Gasteiger partial charge in [-0.3, -0.25) is 14.3 Å². The predicted octanol–water partition coefficient (Wildman–Crippen LogP) is 2.41. The van der Waals surface area contributed by atoms with Gasteiger partial charge < -0.3 is 9.73 Å². The van der Waals surface area contributed by atoms with Crippen molar-refractivity contribution in [2.75, 3.05) is 0 Å². The quantitative estimate of drug-likeness (QED) is 0.591. The number of fused-ring (bicyclic) bond motifs is 1. The lowest BCUT2D eigenvalue weighted by molar-refractivity contribution is -0.122. The molecule has 0 saturated carbocycles. The number of carbonyl (C=O) groups excluding carboxylic acids is 1. The molecule has 136 valence electrons. The Morgan fingerprint density at radius 2 is 1.96 bits per heavy atom. The molecule has 0 spiro atoms. The third-order valence-corrected chi connectivity index (χ3v) is 4.31. The van der Waals surface area contributed by atoms with Crippen LogP contribution in [0.15, 0.2) is 70.2 Å². The molecule has 0 aliphatic rings. The molecule has 3 heterocycles. The third-order valence-electron chi connectivity index (χ3n) is 4.31. The van der Waals surface area contributed by atoms with Gasteiger partial charge in [0.1, 0.15) is 12.3 Å². The van der Waals surface area contributed by atoms with E-state index < -0.39 is 0 Å². The van der Waals surface area contributed by atoms with Gasteiger partial charge in [0.25, 0.3) is 5.56 Å². The molecular weight excluding hydrogens is 344 g/mol.